The molecule has 1 aliphatic heterocycles. The molecule has 2 heterocycles. The Labute approximate surface area is 294 Å². The molecule has 0 atom stereocenters. The molecule has 6 rings (SSSR count). The van der Waals surface area contributed by atoms with E-state index in [1.54, 1.807) is 30.1 Å². The third-order valence-electron chi connectivity index (χ3n) is 8.50. The normalized spacial score (nSPS) is 13.7. The van der Waals surface area contributed by atoms with Crippen molar-refractivity contribution in [2.75, 3.05) is 58.8 Å². The smallest absolute Gasteiger partial charge is 0.339 e. The molecule has 0 saturated carbocycles. The molecule has 51 heavy (non-hydrogen) atoms. The van der Waals surface area contributed by atoms with Gasteiger partial charge in [-0.25, -0.2) is 14.6 Å². The van der Waals surface area contributed by atoms with Crippen molar-refractivity contribution in [2.24, 2.45) is 4.99 Å². The van der Waals surface area contributed by atoms with Crippen molar-refractivity contribution in [1.29, 1.82) is 0 Å². The second-order valence-electron chi connectivity index (χ2n) is 12.0. The monoisotopic (exact) mass is 693 g/mol. The zero-order valence-electron chi connectivity index (χ0n) is 28.4. The number of aliphatic imine (C=N–C) groups is 1. The summed E-state index contributed by atoms with van der Waals surface area (Å²) < 4.78 is 4.83. The van der Waals surface area contributed by atoms with Gasteiger partial charge in [-0.05, 0) is 61.6 Å². The number of carbonyl (C=O) groups is 3. The number of nitrogens with one attached hydrogen (secondary N) is 1. The summed E-state index contributed by atoms with van der Waals surface area (Å²) in [7, 11) is 5.22. The molecule has 0 radical (unpaired) electrons. The fourth-order valence-electron chi connectivity index (χ4n) is 5.55. The van der Waals surface area contributed by atoms with E-state index in [4.69, 9.17) is 25.0 Å². The van der Waals surface area contributed by atoms with E-state index in [1.807, 2.05) is 54.6 Å². The number of aromatic nitrogens is 1. The number of H-pyrrole nitrogens is 1. The summed E-state index contributed by atoms with van der Waals surface area (Å²) in [5, 5.41) is 37.8. The number of fused-ring (bicyclic) bond motifs is 1. The largest absolute Gasteiger partial charge is 0.508 e. The van der Waals surface area contributed by atoms with Crippen molar-refractivity contribution in [3.05, 3.63) is 113 Å². The lowest BCUT2D eigenvalue weighted by molar-refractivity contribution is -0.119. The van der Waals surface area contributed by atoms with Gasteiger partial charge in [-0.2, -0.15) is 0 Å². The SMILES string of the molecule is COC(=O)c1ccc2c(C(=Nc3ccc(N(C)C(=O)CN4CCN(C)CC4)cc3)c3ccccc3)c(O)[nH]c2c1.O=C(O)c1cc(O)ccc1O. The van der Waals surface area contributed by atoms with E-state index in [-0.39, 0.29) is 28.8 Å². The number of piperazine rings is 1. The highest BCUT2D eigenvalue weighted by Gasteiger charge is 2.21. The van der Waals surface area contributed by atoms with E-state index >= 15 is 0 Å². The molecule has 1 aliphatic rings. The van der Waals surface area contributed by atoms with Crippen LogP contribution in [0.2, 0.25) is 0 Å². The van der Waals surface area contributed by atoms with Crippen LogP contribution in [-0.4, -0.2) is 113 Å². The number of hydrogen-bond donors (Lipinski definition) is 5. The molecule has 1 aromatic heterocycles. The van der Waals surface area contributed by atoms with Crippen LogP contribution in [0.1, 0.15) is 31.8 Å². The quantitative estimate of drug-likeness (QED) is 0.0858. The first-order valence-corrected chi connectivity index (χ1v) is 16.1. The fraction of sp³-hybridized carbons (Fsp3) is 0.211. The van der Waals surface area contributed by atoms with Gasteiger partial charge in [0.15, 0.2) is 5.88 Å². The van der Waals surface area contributed by atoms with Crippen molar-refractivity contribution in [3.63, 3.8) is 0 Å². The highest BCUT2D eigenvalue weighted by atomic mass is 16.5. The summed E-state index contributed by atoms with van der Waals surface area (Å²) in [6.45, 7) is 4.09. The number of aromatic hydroxyl groups is 3. The average molecular weight is 694 g/mol. The van der Waals surface area contributed by atoms with Crippen LogP contribution < -0.4 is 4.90 Å². The average Bonchev–Trinajstić information content (AvgIpc) is 3.47. The maximum absolute atomic E-state index is 12.9. The highest BCUT2D eigenvalue weighted by Crippen LogP contribution is 2.32. The molecular weight excluding hydrogens is 654 g/mol. The van der Waals surface area contributed by atoms with Crippen LogP contribution in [0, 0.1) is 0 Å². The molecule has 264 valence electrons. The van der Waals surface area contributed by atoms with Crippen LogP contribution >= 0.6 is 0 Å². The van der Waals surface area contributed by atoms with Gasteiger partial charge in [0.1, 0.15) is 17.1 Å². The molecule has 0 bridgehead atoms. The minimum atomic E-state index is -1.27. The summed E-state index contributed by atoms with van der Waals surface area (Å²) in [5.41, 5.74) is 4.04. The van der Waals surface area contributed by atoms with Gasteiger partial charge < -0.3 is 39.9 Å². The number of anilines is 1. The zero-order chi connectivity index (χ0) is 36.7. The van der Waals surface area contributed by atoms with Gasteiger partial charge in [0.2, 0.25) is 5.91 Å². The number of carboxylic acid groups (broad SMARTS) is 1. The van der Waals surface area contributed by atoms with Gasteiger partial charge >= 0.3 is 11.9 Å². The van der Waals surface area contributed by atoms with Crippen LogP contribution in [0.5, 0.6) is 17.4 Å². The summed E-state index contributed by atoms with van der Waals surface area (Å²) >= 11 is 0. The molecule has 5 N–H and O–H groups in total. The number of methoxy groups -OCH3 is 1. The molecule has 4 aromatic carbocycles. The number of carbonyl (C=O) groups excluding carboxylic acids is 2. The number of aromatic amines is 1. The number of benzene rings is 4. The lowest BCUT2D eigenvalue weighted by atomic mass is 10.00. The second kappa shape index (κ2) is 16.0. The molecule has 1 saturated heterocycles. The third kappa shape index (κ3) is 8.71. The van der Waals surface area contributed by atoms with E-state index in [1.165, 1.54) is 13.2 Å². The number of phenols is 2. The number of rotatable bonds is 8. The number of aromatic carboxylic acids is 1. The van der Waals surface area contributed by atoms with Crippen LogP contribution in [0.3, 0.4) is 0 Å². The molecule has 13 heteroatoms. The van der Waals surface area contributed by atoms with E-state index in [0.29, 0.717) is 34.6 Å². The van der Waals surface area contributed by atoms with Gasteiger partial charge in [-0.3, -0.25) is 9.69 Å². The predicted molar refractivity (Wildman–Crippen MR) is 194 cm³/mol. The molecule has 5 aromatic rings. The van der Waals surface area contributed by atoms with Crippen LogP contribution in [0.25, 0.3) is 10.9 Å². The number of carboxylic acids is 1. The van der Waals surface area contributed by atoms with Crippen molar-refractivity contribution in [3.8, 4) is 17.4 Å². The van der Waals surface area contributed by atoms with Gasteiger partial charge in [-0.1, -0.05) is 36.4 Å². The Kier molecular flexibility index (Phi) is 11.3. The van der Waals surface area contributed by atoms with Crippen molar-refractivity contribution in [2.45, 2.75) is 0 Å². The maximum Gasteiger partial charge on any atom is 0.339 e. The zero-order valence-corrected chi connectivity index (χ0v) is 28.4. The topological polar surface area (TPSA) is 179 Å². The number of hydrogen-bond acceptors (Lipinski definition) is 10. The van der Waals surface area contributed by atoms with Gasteiger partial charge in [0, 0.05) is 55.4 Å². The van der Waals surface area contributed by atoms with E-state index in [9.17, 15) is 19.5 Å². The van der Waals surface area contributed by atoms with Crippen molar-refractivity contribution >= 4 is 45.8 Å². The van der Waals surface area contributed by atoms with Gasteiger partial charge in [0.05, 0.1) is 36.2 Å². The molecule has 0 spiro atoms. The molecule has 13 nitrogen and oxygen atoms in total. The lowest BCUT2D eigenvalue weighted by Crippen LogP contribution is -2.48. The maximum atomic E-state index is 12.9. The van der Waals surface area contributed by atoms with E-state index in [0.717, 1.165) is 54.9 Å². The first-order valence-electron chi connectivity index (χ1n) is 16.1. The minimum Gasteiger partial charge on any atom is -0.508 e. The minimum absolute atomic E-state index is 0.0424. The predicted octanol–water partition coefficient (Wildman–Crippen LogP) is 4.84. The molecule has 1 fully saturated rings. The number of esters is 1. The Hall–Kier alpha value is -6.18. The van der Waals surface area contributed by atoms with Gasteiger partial charge in [0.25, 0.3) is 0 Å². The van der Waals surface area contributed by atoms with Crippen LogP contribution in [-0.2, 0) is 9.53 Å². The van der Waals surface area contributed by atoms with Crippen molar-refractivity contribution < 1.29 is 39.5 Å². The van der Waals surface area contributed by atoms with E-state index in [2.05, 4.69) is 21.8 Å². The number of ether oxygens (including phenoxy) is 1. The summed E-state index contributed by atoms with van der Waals surface area (Å²) in [6.07, 6.45) is 0. The first kappa shape index (κ1) is 36.1. The van der Waals surface area contributed by atoms with Gasteiger partial charge in [-0.15, -0.1) is 0 Å². The van der Waals surface area contributed by atoms with E-state index < -0.39 is 11.9 Å². The first-order chi connectivity index (χ1) is 24.4. The van der Waals surface area contributed by atoms with Crippen molar-refractivity contribution in [1.82, 2.24) is 14.8 Å². The molecule has 0 unspecified atom stereocenters. The Morgan fingerprint density at radius 3 is 2.18 bits per heavy atom. The number of amides is 1. The number of likely N-dealkylation sites (N-methyl/N-ethyl adjacent to an activating group) is 2. The second-order valence-corrected chi connectivity index (χ2v) is 12.0. The van der Waals surface area contributed by atoms with Crippen LogP contribution in [0.15, 0.2) is 96.0 Å². The Morgan fingerprint density at radius 1 is 0.863 bits per heavy atom. The summed E-state index contributed by atoms with van der Waals surface area (Å²) in [6, 6.07) is 25.5. The molecular formula is C38H39N5O8. The lowest BCUT2D eigenvalue weighted by Gasteiger charge is -2.32. The Balaban J connectivity index is 0.000000392. The molecule has 0 aliphatic carbocycles. The number of phenolic OH excluding ortho intramolecular Hbond substituents is 1. The third-order valence-corrected chi connectivity index (χ3v) is 8.50. The summed E-state index contributed by atoms with van der Waals surface area (Å²) in [5.74, 6) is -2.26. The number of nitrogens with zero attached hydrogens (tertiary/aromatic N) is 4. The fourth-order valence-corrected chi connectivity index (χ4v) is 5.55. The highest BCUT2D eigenvalue weighted by molar-refractivity contribution is 6.22. The molecule has 1 amide bonds. The standard InChI is InChI=1S/C31H33N5O4.C7H6O4/c1-34-15-17-36(18-16-34)20-27(37)35(2)24-12-10-23(11-13-24)32-29(21-7-5-4-6-8-21)28-25-14-9-22(31(39)40-3)19-26(25)33-30(28)38;8-4-1-2-6(9)5(3-4)7(10)11/h4-14,19,33,38H,15-18,20H2,1-3H3;1-3,8-9H,(H,10,11). The summed E-state index contributed by atoms with van der Waals surface area (Å²) in [4.78, 5) is 49.3. The Morgan fingerprint density at radius 2 is 1.55 bits per heavy atom. The van der Waals surface area contributed by atoms with Crippen LogP contribution in [0.4, 0.5) is 11.4 Å². The Bertz CT molecular complexity index is 2050.